The van der Waals surface area contributed by atoms with Crippen molar-refractivity contribution in [3.8, 4) is 0 Å². The maximum Gasteiger partial charge on any atom is 0.331 e. The van der Waals surface area contributed by atoms with Gasteiger partial charge in [0, 0.05) is 11.1 Å². The Morgan fingerprint density at radius 3 is 2.57 bits per heavy atom. The van der Waals surface area contributed by atoms with Gasteiger partial charge in [-0.15, -0.1) is 0 Å². The van der Waals surface area contributed by atoms with Crippen LogP contribution in [-0.4, -0.2) is 16.2 Å². The van der Waals surface area contributed by atoms with E-state index in [4.69, 9.17) is 9.63 Å². The highest BCUT2D eigenvalue weighted by atomic mass is 16.5. The number of carbonyl (C=O) groups is 1. The fourth-order valence-electron chi connectivity index (χ4n) is 1.19. The highest BCUT2D eigenvalue weighted by Gasteiger charge is 2.10. The van der Waals surface area contributed by atoms with Crippen molar-refractivity contribution in [1.82, 2.24) is 5.16 Å². The van der Waals surface area contributed by atoms with Gasteiger partial charge in [0.15, 0.2) is 0 Å². The third-order valence-electron chi connectivity index (χ3n) is 2.06. The molecule has 1 N–H and O–H groups in total. The quantitative estimate of drug-likeness (QED) is 0.751. The van der Waals surface area contributed by atoms with Crippen LogP contribution in [-0.2, 0) is 4.79 Å². The maximum atomic E-state index is 10.8. The zero-order chi connectivity index (χ0) is 10.7. The molecule has 0 bridgehead atoms. The van der Waals surface area contributed by atoms with Gasteiger partial charge < -0.3 is 9.63 Å². The van der Waals surface area contributed by atoms with E-state index in [-0.39, 0.29) is 0 Å². The van der Waals surface area contributed by atoms with E-state index in [1.165, 1.54) is 0 Å². The second kappa shape index (κ2) is 4.09. The van der Waals surface area contributed by atoms with Crippen LogP contribution in [0.15, 0.2) is 10.1 Å². The molecule has 0 unspecified atom stereocenters. The summed E-state index contributed by atoms with van der Waals surface area (Å²) in [5, 5.41) is 12.6. The first-order valence-electron chi connectivity index (χ1n) is 4.43. The Balaban J connectivity index is 3.12. The Morgan fingerprint density at radius 2 is 2.21 bits per heavy atom. The van der Waals surface area contributed by atoms with E-state index in [1.807, 2.05) is 0 Å². The van der Waals surface area contributed by atoms with Crippen LogP contribution in [0.3, 0.4) is 0 Å². The van der Waals surface area contributed by atoms with Crippen molar-refractivity contribution in [2.24, 2.45) is 0 Å². The molecule has 0 aliphatic rings. The van der Waals surface area contributed by atoms with Crippen molar-refractivity contribution < 1.29 is 14.4 Å². The van der Waals surface area contributed by atoms with E-state index in [0.29, 0.717) is 17.8 Å². The van der Waals surface area contributed by atoms with Gasteiger partial charge in [0.05, 0.1) is 5.69 Å². The Kier molecular flexibility index (Phi) is 3.06. The topological polar surface area (TPSA) is 63.3 Å². The van der Waals surface area contributed by atoms with Gasteiger partial charge in [0.2, 0.25) is 0 Å². The van der Waals surface area contributed by atoms with Crippen LogP contribution >= 0.6 is 0 Å². The summed E-state index contributed by atoms with van der Waals surface area (Å²) in [7, 11) is 0. The predicted molar refractivity (Wildman–Crippen MR) is 51.9 cm³/mol. The summed E-state index contributed by atoms with van der Waals surface area (Å²) in [6.45, 7) is 5.36. The van der Waals surface area contributed by atoms with Crippen molar-refractivity contribution in [3.05, 3.63) is 22.6 Å². The molecule has 0 radical (unpaired) electrons. The number of nitrogens with zero attached hydrogens (tertiary/aromatic N) is 1. The minimum atomic E-state index is -0.896. The van der Waals surface area contributed by atoms with Crippen LogP contribution in [0.1, 0.15) is 30.4 Å². The van der Waals surface area contributed by atoms with Crippen LogP contribution in [0, 0.1) is 13.8 Å². The second-order valence-electron chi connectivity index (χ2n) is 3.07. The van der Waals surface area contributed by atoms with Crippen molar-refractivity contribution in [2.45, 2.75) is 27.2 Å². The van der Waals surface area contributed by atoms with Crippen molar-refractivity contribution in [1.29, 1.82) is 0 Å². The summed E-state index contributed by atoms with van der Waals surface area (Å²) < 4.78 is 4.93. The van der Waals surface area contributed by atoms with Gasteiger partial charge in [-0.25, -0.2) is 4.79 Å². The molecule has 1 rings (SSSR count). The van der Waals surface area contributed by atoms with E-state index < -0.39 is 5.97 Å². The average molecular weight is 195 g/mol. The van der Waals surface area contributed by atoms with Gasteiger partial charge in [0.1, 0.15) is 5.76 Å². The Hall–Kier alpha value is -1.58. The van der Waals surface area contributed by atoms with Crippen molar-refractivity contribution >= 4 is 12.0 Å². The molecular weight excluding hydrogens is 182 g/mol. The molecule has 1 aromatic rings. The third kappa shape index (κ3) is 2.02. The molecule has 0 saturated carbocycles. The Morgan fingerprint density at radius 1 is 1.57 bits per heavy atom. The zero-order valence-electron chi connectivity index (χ0n) is 8.50. The predicted octanol–water partition coefficient (Wildman–Crippen LogP) is 2.17. The molecule has 76 valence electrons. The Bertz CT molecular complexity index is 357. The fourth-order valence-corrected chi connectivity index (χ4v) is 1.19. The van der Waals surface area contributed by atoms with E-state index in [0.717, 1.165) is 11.3 Å². The lowest BCUT2D eigenvalue weighted by Crippen LogP contribution is -1.99. The molecule has 0 aromatic carbocycles. The number of rotatable bonds is 3. The first-order chi connectivity index (χ1) is 6.56. The van der Waals surface area contributed by atoms with Crippen molar-refractivity contribution in [3.63, 3.8) is 0 Å². The van der Waals surface area contributed by atoms with Gasteiger partial charge in [-0.05, 0) is 26.3 Å². The minimum absolute atomic E-state index is 0.361. The normalized spacial score (nSPS) is 11.8. The molecule has 0 fully saturated rings. The lowest BCUT2D eigenvalue weighted by atomic mass is 10.1. The number of hydrogen-bond donors (Lipinski definition) is 1. The van der Waals surface area contributed by atoms with Crippen molar-refractivity contribution in [2.75, 3.05) is 0 Å². The first kappa shape index (κ1) is 10.5. The summed E-state index contributed by atoms with van der Waals surface area (Å²) in [6.07, 6.45) is 2.10. The molecule has 0 aliphatic heterocycles. The molecule has 14 heavy (non-hydrogen) atoms. The van der Waals surface area contributed by atoms with Gasteiger partial charge >= 0.3 is 5.97 Å². The molecule has 1 aromatic heterocycles. The van der Waals surface area contributed by atoms with E-state index in [9.17, 15) is 4.79 Å². The molecule has 0 saturated heterocycles. The number of aromatic nitrogens is 1. The van der Waals surface area contributed by atoms with Crippen LogP contribution < -0.4 is 0 Å². The van der Waals surface area contributed by atoms with Gasteiger partial charge in [-0.2, -0.15) is 0 Å². The SMILES string of the molecule is CC/C(=C\c1c(C)noc1C)C(=O)O. The molecule has 1 heterocycles. The summed E-state index contributed by atoms with van der Waals surface area (Å²) in [5.41, 5.74) is 1.85. The third-order valence-corrected chi connectivity index (χ3v) is 2.06. The maximum absolute atomic E-state index is 10.8. The first-order valence-corrected chi connectivity index (χ1v) is 4.43. The number of carboxylic acids is 1. The number of carboxylic acid groups (broad SMARTS) is 1. The smallest absolute Gasteiger partial charge is 0.331 e. The van der Waals surface area contributed by atoms with Gasteiger partial charge in [0.25, 0.3) is 0 Å². The highest BCUT2D eigenvalue weighted by Crippen LogP contribution is 2.17. The molecule has 0 spiro atoms. The summed E-state index contributed by atoms with van der Waals surface area (Å²) in [5.74, 6) is -0.248. The number of aliphatic carboxylic acids is 1. The fraction of sp³-hybridized carbons (Fsp3) is 0.400. The van der Waals surface area contributed by atoms with Crippen LogP contribution in [0.25, 0.3) is 6.08 Å². The lowest BCUT2D eigenvalue weighted by molar-refractivity contribution is -0.132. The number of aryl methyl sites for hydroxylation is 2. The van der Waals surface area contributed by atoms with Crippen LogP contribution in [0.2, 0.25) is 0 Å². The standard InChI is InChI=1S/C10H13NO3/c1-4-8(10(12)13)5-9-6(2)11-14-7(9)3/h5H,4H2,1-3H3,(H,12,13)/b8-5+. The minimum Gasteiger partial charge on any atom is -0.478 e. The second-order valence-corrected chi connectivity index (χ2v) is 3.07. The van der Waals surface area contributed by atoms with Crippen LogP contribution in [0.5, 0.6) is 0 Å². The largest absolute Gasteiger partial charge is 0.478 e. The summed E-state index contributed by atoms with van der Waals surface area (Å²) in [4.78, 5) is 10.8. The monoisotopic (exact) mass is 195 g/mol. The lowest BCUT2D eigenvalue weighted by Gasteiger charge is -1.96. The molecule has 0 atom stereocenters. The Labute approximate surface area is 82.2 Å². The summed E-state index contributed by atoms with van der Waals surface area (Å²) >= 11 is 0. The van der Waals surface area contributed by atoms with Gasteiger partial charge in [-0.3, -0.25) is 0 Å². The zero-order valence-corrected chi connectivity index (χ0v) is 8.50. The summed E-state index contributed by atoms with van der Waals surface area (Å²) in [6, 6.07) is 0. The molecule has 4 heteroatoms. The average Bonchev–Trinajstić information content (AvgIpc) is 2.43. The van der Waals surface area contributed by atoms with E-state index in [1.54, 1.807) is 26.8 Å². The molecule has 0 aliphatic carbocycles. The highest BCUT2D eigenvalue weighted by molar-refractivity contribution is 5.92. The molecule has 0 amide bonds. The molecule has 4 nitrogen and oxygen atoms in total. The van der Waals surface area contributed by atoms with Crippen LogP contribution in [0.4, 0.5) is 0 Å². The van der Waals surface area contributed by atoms with E-state index >= 15 is 0 Å². The van der Waals surface area contributed by atoms with E-state index in [2.05, 4.69) is 5.16 Å². The molecular formula is C10H13NO3. The number of hydrogen-bond acceptors (Lipinski definition) is 3. The van der Waals surface area contributed by atoms with Gasteiger partial charge in [-0.1, -0.05) is 12.1 Å².